The quantitative estimate of drug-likeness (QED) is 0.691. The maximum absolute atomic E-state index is 5.99. The molecule has 0 N–H and O–H groups in total. The highest BCUT2D eigenvalue weighted by Gasteiger charge is 2.50. The van der Waals surface area contributed by atoms with Crippen LogP contribution in [-0.2, 0) is 5.41 Å². The Morgan fingerprint density at radius 1 is 1.06 bits per heavy atom. The minimum atomic E-state index is 0.127. The molecule has 100 valence electrons. The number of benzene rings is 1. The van der Waals surface area contributed by atoms with Gasteiger partial charge in [0, 0.05) is 11.0 Å². The van der Waals surface area contributed by atoms with Gasteiger partial charge in [0.1, 0.15) is 5.75 Å². The fraction of sp³-hybridized carbons (Fsp3) is 0.647. The highest BCUT2D eigenvalue weighted by molar-refractivity contribution is 5.45. The molecule has 1 aromatic rings. The topological polar surface area (TPSA) is 9.23 Å². The molecule has 0 bridgehead atoms. The largest absolute Gasteiger partial charge is 0.492 e. The Labute approximate surface area is 112 Å². The zero-order chi connectivity index (χ0) is 13.6. The lowest BCUT2D eigenvalue weighted by Crippen LogP contribution is -2.44. The molecular weight excluding hydrogens is 220 g/mol. The van der Waals surface area contributed by atoms with Crippen molar-refractivity contribution in [1.82, 2.24) is 0 Å². The van der Waals surface area contributed by atoms with Crippen molar-refractivity contribution < 1.29 is 4.74 Å². The molecule has 1 heteroatoms. The highest BCUT2D eigenvalue weighted by atomic mass is 16.5. The van der Waals surface area contributed by atoms with Crippen molar-refractivity contribution in [3.8, 4) is 5.75 Å². The van der Waals surface area contributed by atoms with Gasteiger partial charge in [-0.1, -0.05) is 59.7 Å². The summed E-state index contributed by atoms with van der Waals surface area (Å²) in [6.45, 7) is 14.8. The molecule has 0 saturated carbocycles. The van der Waals surface area contributed by atoms with E-state index in [1.165, 1.54) is 5.56 Å². The number of fused-ring (bicyclic) bond motifs is 1. The predicted octanol–water partition coefficient (Wildman–Crippen LogP) is 4.80. The van der Waals surface area contributed by atoms with E-state index in [9.17, 15) is 0 Å². The summed E-state index contributed by atoms with van der Waals surface area (Å²) in [5.74, 6) is 1.08. The Kier molecular flexibility index (Phi) is 3.00. The van der Waals surface area contributed by atoms with Crippen LogP contribution in [-0.4, -0.2) is 6.61 Å². The summed E-state index contributed by atoms with van der Waals surface area (Å²) in [6, 6.07) is 8.55. The lowest BCUT2D eigenvalue weighted by Gasteiger charge is -2.44. The molecular formula is C17H26O. The summed E-state index contributed by atoms with van der Waals surface area (Å²) in [5, 5.41) is 0. The molecule has 1 heterocycles. The number of ether oxygens (including phenoxy) is 1. The first-order valence-electron chi connectivity index (χ1n) is 6.88. The van der Waals surface area contributed by atoms with Gasteiger partial charge in [0.05, 0.1) is 6.61 Å². The third kappa shape index (κ3) is 2.15. The standard InChI is InChI=1S/C17H26O/c1-15(2,3)11-17(16(4,5)6)12-18-14-10-8-7-9-13(14)17/h7-10H,11-12H2,1-6H3. The summed E-state index contributed by atoms with van der Waals surface area (Å²) in [7, 11) is 0. The summed E-state index contributed by atoms with van der Waals surface area (Å²) in [4.78, 5) is 0. The second kappa shape index (κ2) is 4.01. The predicted molar refractivity (Wildman–Crippen MR) is 77.1 cm³/mol. The first-order valence-corrected chi connectivity index (χ1v) is 6.88. The van der Waals surface area contributed by atoms with Crippen LogP contribution in [0.5, 0.6) is 5.75 Å². The van der Waals surface area contributed by atoms with Crippen molar-refractivity contribution in [2.75, 3.05) is 6.61 Å². The van der Waals surface area contributed by atoms with Gasteiger partial charge in [0.25, 0.3) is 0 Å². The van der Waals surface area contributed by atoms with Crippen molar-refractivity contribution in [3.05, 3.63) is 29.8 Å². The van der Waals surface area contributed by atoms with Crippen molar-refractivity contribution in [1.29, 1.82) is 0 Å². The van der Waals surface area contributed by atoms with Gasteiger partial charge in [0.15, 0.2) is 0 Å². The highest BCUT2D eigenvalue weighted by Crippen LogP contribution is 2.54. The van der Waals surface area contributed by atoms with Gasteiger partial charge in [0.2, 0.25) is 0 Å². The summed E-state index contributed by atoms with van der Waals surface area (Å²) in [5.41, 5.74) is 2.02. The Morgan fingerprint density at radius 2 is 1.67 bits per heavy atom. The summed E-state index contributed by atoms with van der Waals surface area (Å²) in [6.07, 6.45) is 1.15. The maximum Gasteiger partial charge on any atom is 0.123 e. The Morgan fingerprint density at radius 3 is 2.22 bits per heavy atom. The van der Waals surface area contributed by atoms with Crippen LogP contribution < -0.4 is 4.74 Å². The van der Waals surface area contributed by atoms with Crippen LogP contribution in [0.3, 0.4) is 0 Å². The molecule has 0 amide bonds. The van der Waals surface area contributed by atoms with Crippen LogP contribution in [0, 0.1) is 10.8 Å². The van der Waals surface area contributed by atoms with E-state index in [2.05, 4.69) is 65.8 Å². The first-order chi connectivity index (χ1) is 8.16. The van der Waals surface area contributed by atoms with E-state index in [1.54, 1.807) is 0 Å². The zero-order valence-electron chi connectivity index (χ0n) is 12.6. The number of para-hydroxylation sites is 1. The third-order valence-electron chi connectivity index (χ3n) is 4.14. The molecule has 1 aliphatic heterocycles. The normalized spacial score (nSPS) is 23.7. The lowest BCUT2D eigenvalue weighted by atomic mass is 9.58. The lowest BCUT2D eigenvalue weighted by molar-refractivity contribution is 0.0889. The van der Waals surface area contributed by atoms with Crippen LogP contribution in [0.25, 0.3) is 0 Å². The molecule has 0 fully saturated rings. The average Bonchev–Trinajstić information content (AvgIpc) is 2.56. The smallest absolute Gasteiger partial charge is 0.123 e. The van der Waals surface area contributed by atoms with E-state index in [0.29, 0.717) is 5.41 Å². The van der Waals surface area contributed by atoms with E-state index >= 15 is 0 Å². The molecule has 2 rings (SSSR count). The molecule has 1 unspecified atom stereocenters. The van der Waals surface area contributed by atoms with Crippen LogP contribution in [0.2, 0.25) is 0 Å². The Hall–Kier alpha value is -0.980. The van der Waals surface area contributed by atoms with E-state index < -0.39 is 0 Å². The second-order valence-electron chi connectivity index (χ2n) is 7.85. The van der Waals surface area contributed by atoms with Gasteiger partial charge in [-0.05, 0) is 23.3 Å². The van der Waals surface area contributed by atoms with Crippen molar-refractivity contribution in [2.24, 2.45) is 10.8 Å². The summed E-state index contributed by atoms with van der Waals surface area (Å²) >= 11 is 0. The molecule has 0 radical (unpaired) electrons. The van der Waals surface area contributed by atoms with Crippen LogP contribution in [0.1, 0.15) is 53.5 Å². The molecule has 0 aliphatic carbocycles. The fourth-order valence-corrected chi connectivity index (χ4v) is 3.20. The molecule has 1 nitrogen and oxygen atoms in total. The number of rotatable bonds is 1. The fourth-order valence-electron chi connectivity index (χ4n) is 3.20. The molecule has 0 saturated heterocycles. The van der Waals surface area contributed by atoms with Gasteiger partial charge in [-0.15, -0.1) is 0 Å². The first kappa shape index (κ1) is 13.5. The third-order valence-corrected chi connectivity index (χ3v) is 4.14. The van der Waals surface area contributed by atoms with Gasteiger partial charge in [-0.3, -0.25) is 0 Å². The minimum Gasteiger partial charge on any atom is -0.492 e. The minimum absolute atomic E-state index is 0.127. The van der Waals surface area contributed by atoms with E-state index in [-0.39, 0.29) is 10.8 Å². The number of hydrogen-bond acceptors (Lipinski definition) is 1. The molecule has 1 aromatic carbocycles. The van der Waals surface area contributed by atoms with E-state index in [4.69, 9.17) is 4.74 Å². The molecule has 18 heavy (non-hydrogen) atoms. The SMILES string of the molecule is CC(C)(C)CC1(C(C)(C)C)COc2ccccc21. The molecule has 0 aromatic heterocycles. The molecule has 1 aliphatic rings. The Balaban J connectivity index is 2.53. The van der Waals surface area contributed by atoms with Gasteiger partial charge in [-0.2, -0.15) is 0 Å². The number of hydrogen-bond donors (Lipinski definition) is 0. The Bertz CT molecular complexity index is 434. The van der Waals surface area contributed by atoms with Crippen LogP contribution in [0.15, 0.2) is 24.3 Å². The van der Waals surface area contributed by atoms with Gasteiger partial charge >= 0.3 is 0 Å². The van der Waals surface area contributed by atoms with Crippen LogP contribution >= 0.6 is 0 Å². The molecule has 1 atom stereocenters. The van der Waals surface area contributed by atoms with Crippen LogP contribution in [0.4, 0.5) is 0 Å². The second-order valence-corrected chi connectivity index (χ2v) is 7.85. The van der Waals surface area contributed by atoms with Crippen molar-refractivity contribution in [2.45, 2.75) is 53.4 Å². The average molecular weight is 246 g/mol. The van der Waals surface area contributed by atoms with E-state index in [1.807, 2.05) is 0 Å². The van der Waals surface area contributed by atoms with Gasteiger partial charge in [-0.25, -0.2) is 0 Å². The van der Waals surface area contributed by atoms with Gasteiger partial charge < -0.3 is 4.74 Å². The monoisotopic (exact) mass is 246 g/mol. The molecule has 0 spiro atoms. The maximum atomic E-state index is 5.99. The van der Waals surface area contributed by atoms with Crippen molar-refractivity contribution >= 4 is 0 Å². The van der Waals surface area contributed by atoms with Crippen molar-refractivity contribution in [3.63, 3.8) is 0 Å². The van der Waals surface area contributed by atoms with E-state index in [0.717, 1.165) is 18.8 Å². The zero-order valence-corrected chi connectivity index (χ0v) is 12.6. The summed E-state index contributed by atoms with van der Waals surface area (Å²) < 4.78 is 5.99.